The van der Waals surface area contributed by atoms with Crippen molar-refractivity contribution in [1.82, 2.24) is 15.3 Å². The highest BCUT2D eigenvalue weighted by atomic mass is 16.3. The highest BCUT2D eigenvalue weighted by Crippen LogP contribution is 2.25. The quantitative estimate of drug-likeness (QED) is 0.757. The predicted molar refractivity (Wildman–Crippen MR) is 96.5 cm³/mol. The minimum atomic E-state index is 0.192. The maximum absolute atomic E-state index is 9.63. The molecule has 0 aliphatic carbocycles. The topological polar surface area (TPSA) is 73.3 Å². The van der Waals surface area contributed by atoms with E-state index in [1.165, 1.54) is 6.42 Å². The van der Waals surface area contributed by atoms with E-state index in [2.05, 4.69) is 32.4 Å². The summed E-state index contributed by atoms with van der Waals surface area (Å²) in [5.41, 5.74) is 1.10. The Labute approximate surface area is 142 Å². The zero-order valence-corrected chi connectivity index (χ0v) is 14.2. The first kappa shape index (κ1) is 16.5. The number of hydrogen-bond donors (Lipinski definition) is 3. The number of benzene rings is 1. The third kappa shape index (κ3) is 3.76. The van der Waals surface area contributed by atoms with Gasteiger partial charge >= 0.3 is 0 Å². The largest absolute Gasteiger partial charge is 0.508 e. The highest BCUT2D eigenvalue weighted by Gasteiger charge is 2.26. The van der Waals surface area contributed by atoms with Gasteiger partial charge in [0.2, 0.25) is 0 Å². The Morgan fingerprint density at radius 3 is 3.00 bits per heavy atom. The van der Waals surface area contributed by atoms with Gasteiger partial charge in [-0.2, -0.15) is 0 Å². The van der Waals surface area contributed by atoms with Gasteiger partial charge in [-0.3, -0.25) is 0 Å². The van der Waals surface area contributed by atoms with Crippen LogP contribution in [0.15, 0.2) is 36.7 Å². The number of aromatic hydroxyl groups is 1. The van der Waals surface area contributed by atoms with Crippen molar-refractivity contribution < 1.29 is 5.11 Å². The van der Waals surface area contributed by atoms with Crippen LogP contribution in [0.5, 0.6) is 5.75 Å². The van der Waals surface area contributed by atoms with Crippen LogP contribution in [0.2, 0.25) is 0 Å². The van der Waals surface area contributed by atoms with E-state index < -0.39 is 0 Å². The SMILES string of the molecule is CNc1cc(N2CCC[C@@H]2CN[C@H](C)c2cccc(O)c2)ncn1. The summed E-state index contributed by atoms with van der Waals surface area (Å²) < 4.78 is 0. The molecule has 3 rings (SSSR count). The lowest BCUT2D eigenvalue weighted by Gasteiger charge is -2.27. The van der Waals surface area contributed by atoms with Gasteiger partial charge in [-0.25, -0.2) is 9.97 Å². The molecule has 1 aliphatic heterocycles. The summed E-state index contributed by atoms with van der Waals surface area (Å²) in [6.07, 6.45) is 3.93. The maximum Gasteiger partial charge on any atom is 0.134 e. The standard InChI is InChI=1S/C18H25N5O/c1-13(14-5-3-7-16(24)9-14)20-11-15-6-4-8-23(15)18-10-17(19-2)21-12-22-18/h3,5,7,9-10,12-13,15,20,24H,4,6,8,11H2,1-2H3,(H,19,21,22)/t13-,15-/m1/s1. The molecular weight excluding hydrogens is 302 g/mol. The first-order chi connectivity index (χ1) is 11.7. The molecule has 6 heteroatoms. The first-order valence-corrected chi connectivity index (χ1v) is 8.46. The summed E-state index contributed by atoms with van der Waals surface area (Å²) in [5, 5.41) is 16.3. The molecule has 24 heavy (non-hydrogen) atoms. The highest BCUT2D eigenvalue weighted by molar-refractivity contribution is 5.49. The van der Waals surface area contributed by atoms with Crippen molar-refractivity contribution in [3.05, 3.63) is 42.2 Å². The van der Waals surface area contributed by atoms with Crippen molar-refractivity contribution in [3.8, 4) is 5.75 Å². The second kappa shape index (κ2) is 7.49. The Bertz CT molecular complexity index is 678. The summed E-state index contributed by atoms with van der Waals surface area (Å²) in [6, 6.07) is 10.0. The van der Waals surface area contributed by atoms with Crippen molar-refractivity contribution in [2.24, 2.45) is 0 Å². The van der Waals surface area contributed by atoms with E-state index in [1.807, 2.05) is 31.3 Å². The van der Waals surface area contributed by atoms with Crippen molar-refractivity contribution in [1.29, 1.82) is 0 Å². The summed E-state index contributed by atoms with van der Waals surface area (Å²) in [5.74, 6) is 2.12. The van der Waals surface area contributed by atoms with E-state index >= 15 is 0 Å². The van der Waals surface area contributed by atoms with E-state index in [0.29, 0.717) is 11.8 Å². The molecule has 1 saturated heterocycles. The number of phenolic OH excluding ortho intramolecular Hbond substituents is 1. The van der Waals surface area contributed by atoms with Crippen LogP contribution in [0, 0.1) is 0 Å². The number of anilines is 2. The molecule has 1 aliphatic rings. The fourth-order valence-corrected chi connectivity index (χ4v) is 3.22. The third-order valence-corrected chi connectivity index (χ3v) is 4.61. The molecule has 2 aromatic rings. The van der Waals surface area contributed by atoms with Gasteiger partial charge in [-0.15, -0.1) is 0 Å². The van der Waals surface area contributed by atoms with E-state index in [4.69, 9.17) is 0 Å². The van der Waals surface area contributed by atoms with Gasteiger partial charge in [0.25, 0.3) is 0 Å². The zero-order chi connectivity index (χ0) is 16.9. The van der Waals surface area contributed by atoms with Gasteiger partial charge in [0.15, 0.2) is 0 Å². The lowest BCUT2D eigenvalue weighted by atomic mass is 10.1. The zero-order valence-electron chi connectivity index (χ0n) is 14.2. The molecule has 0 radical (unpaired) electrons. The average Bonchev–Trinajstić information content (AvgIpc) is 3.08. The summed E-state index contributed by atoms with van der Waals surface area (Å²) in [6.45, 7) is 4.03. The van der Waals surface area contributed by atoms with E-state index in [-0.39, 0.29) is 6.04 Å². The Balaban J connectivity index is 1.63. The van der Waals surface area contributed by atoms with Crippen LogP contribution < -0.4 is 15.5 Å². The molecule has 1 fully saturated rings. The van der Waals surface area contributed by atoms with Crippen LogP contribution in [-0.4, -0.2) is 41.3 Å². The molecule has 0 spiro atoms. The molecule has 0 unspecified atom stereocenters. The predicted octanol–water partition coefficient (Wildman–Crippen LogP) is 2.54. The van der Waals surface area contributed by atoms with E-state index in [0.717, 1.165) is 36.7 Å². The molecule has 0 amide bonds. The van der Waals surface area contributed by atoms with Gasteiger partial charge in [0, 0.05) is 38.3 Å². The van der Waals surface area contributed by atoms with Crippen LogP contribution in [0.3, 0.4) is 0 Å². The molecule has 2 heterocycles. The number of phenols is 1. The van der Waals surface area contributed by atoms with Crippen molar-refractivity contribution in [3.63, 3.8) is 0 Å². The normalized spacial score (nSPS) is 18.6. The second-order valence-electron chi connectivity index (χ2n) is 6.23. The molecule has 128 valence electrons. The number of hydrogen-bond acceptors (Lipinski definition) is 6. The van der Waals surface area contributed by atoms with Crippen molar-refractivity contribution in [2.45, 2.75) is 31.8 Å². The van der Waals surface area contributed by atoms with Crippen LogP contribution in [-0.2, 0) is 0 Å². The fraction of sp³-hybridized carbons (Fsp3) is 0.444. The molecule has 0 bridgehead atoms. The second-order valence-corrected chi connectivity index (χ2v) is 6.23. The van der Waals surface area contributed by atoms with Crippen LogP contribution in [0.25, 0.3) is 0 Å². The first-order valence-electron chi connectivity index (χ1n) is 8.46. The fourth-order valence-electron chi connectivity index (χ4n) is 3.22. The smallest absolute Gasteiger partial charge is 0.134 e. The van der Waals surface area contributed by atoms with Crippen LogP contribution in [0.1, 0.15) is 31.4 Å². The minimum absolute atomic E-state index is 0.192. The summed E-state index contributed by atoms with van der Waals surface area (Å²) in [4.78, 5) is 11.0. The van der Waals surface area contributed by atoms with Crippen molar-refractivity contribution >= 4 is 11.6 Å². The molecule has 3 N–H and O–H groups in total. The number of nitrogens with one attached hydrogen (secondary N) is 2. The lowest BCUT2D eigenvalue weighted by molar-refractivity contribution is 0.470. The Morgan fingerprint density at radius 2 is 2.21 bits per heavy atom. The van der Waals surface area contributed by atoms with Crippen LogP contribution in [0.4, 0.5) is 11.6 Å². The van der Waals surface area contributed by atoms with Crippen LogP contribution >= 0.6 is 0 Å². The summed E-state index contributed by atoms with van der Waals surface area (Å²) >= 11 is 0. The molecule has 6 nitrogen and oxygen atoms in total. The molecule has 0 saturated carbocycles. The van der Waals surface area contributed by atoms with Crippen molar-refractivity contribution in [2.75, 3.05) is 30.4 Å². The maximum atomic E-state index is 9.63. The van der Waals surface area contributed by atoms with Gasteiger partial charge < -0.3 is 20.6 Å². The summed E-state index contributed by atoms with van der Waals surface area (Å²) in [7, 11) is 1.87. The monoisotopic (exact) mass is 327 g/mol. The molecule has 2 atom stereocenters. The average molecular weight is 327 g/mol. The molecule has 1 aromatic carbocycles. The number of nitrogens with zero attached hydrogens (tertiary/aromatic N) is 3. The number of rotatable bonds is 6. The van der Waals surface area contributed by atoms with E-state index in [9.17, 15) is 5.11 Å². The van der Waals surface area contributed by atoms with Gasteiger partial charge in [-0.1, -0.05) is 12.1 Å². The Morgan fingerprint density at radius 1 is 1.33 bits per heavy atom. The lowest BCUT2D eigenvalue weighted by Crippen LogP contribution is -2.39. The van der Waals surface area contributed by atoms with Gasteiger partial charge in [0.05, 0.1) is 0 Å². The van der Waals surface area contributed by atoms with Gasteiger partial charge in [0.1, 0.15) is 23.7 Å². The number of aromatic nitrogens is 2. The Hall–Kier alpha value is -2.34. The minimum Gasteiger partial charge on any atom is -0.508 e. The third-order valence-electron chi connectivity index (χ3n) is 4.61. The van der Waals surface area contributed by atoms with E-state index in [1.54, 1.807) is 12.4 Å². The molecule has 1 aromatic heterocycles. The Kier molecular flexibility index (Phi) is 5.15. The molecular formula is C18H25N5O. The van der Waals surface area contributed by atoms with Gasteiger partial charge in [-0.05, 0) is 37.5 Å².